The first kappa shape index (κ1) is 10.8. The number of amides is 1. The molecular formula is C11H10N4O3. The molecular weight excluding hydrogens is 236 g/mol. The van der Waals surface area contributed by atoms with Crippen molar-refractivity contribution < 1.29 is 9.63 Å². The zero-order chi connectivity index (χ0) is 12.5. The van der Waals surface area contributed by atoms with Gasteiger partial charge in [-0.05, 0) is 12.5 Å². The maximum atomic E-state index is 12.0. The first-order valence-corrected chi connectivity index (χ1v) is 5.54. The van der Waals surface area contributed by atoms with Crippen LogP contribution in [0.1, 0.15) is 16.9 Å². The van der Waals surface area contributed by atoms with E-state index in [1.165, 1.54) is 23.7 Å². The highest BCUT2D eigenvalue weighted by molar-refractivity contribution is 5.95. The summed E-state index contributed by atoms with van der Waals surface area (Å²) in [6.45, 7) is 1.07. The highest BCUT2D eigenvalue weighted by Crippen LogP contribution is 2.12. The van der Waals surface area contributed by atoms with Gasteiger partial charge in [-0.15, -0.1) is 0 Å². The molecule has 0 aromatic carbocycles. The van der Waals surface area contributed by atoms with Gasteiger partial charge in [-0.25, -0.2) is 15.0 Å². The molecule has 1 saturated heterocycles. The molecule has 3 heterocycles. The summed E-state index contributed by atoms with van der Waals surface area (Å²) in [5.74, 6) is -0.336. The van der Waals surface area contributed by atoms with Crippen molar-refractivity contribution in [2.45, 2.75) is 6.42 Å². The number of nitrogens with one attached hydrogen (secondary N) is 1. The Morgan fingerprint density at radius 1 is 1.44 bits per heavy atom. The van der Waals surface area contributed by atoms with E-state index in [-0.39, 0.29) is 17.2 Å². The number of hydrogen-bond donors (Lipinski definition) is 1. The summed E-state index contributed by atoms with van der Waals surface area (Å²) in [6.07, 6.45) is 3.52. The third-order valence-electron chi connectivity index (χ3n) is 2.73. The van der Waals surface area contributed by atoms with Gasteiger partial charge in [0.05, 0.1) is 36.6 Å². The van der Waals surface area contributed by atoms with Crippen LogP contribution in [0.3, 0.4) is 0 Å². The number of aromatic amines is 1. The fraction of sp³-hybridized carbons (Fsp3) is 0.273. The van der Waals surface area contributed by atoms with Crippen LogP contribution < -0.4 is 5.56 Å². The van der Waals surface area contributed by atoms with Crippen LogP contribution in [0.5, 0.6) is 0 Å². The van der Waals surface area contributed by atoms with Gasteiger partial charge in [0, 0.05) is 0 Å². The molecule has 0 aliphatic carbocycles. The highest BCUT2D eigenvalue weighted by Gasteiger charge is 2.22. The molecule has 1 aliphatic rings. The quantitative estimate of drug-likeness (QED) is 0.770. The zero-order valence-corrected chi connectivity index (χ0v) is 9.42. The van der Waals surface area contributed by atoms with E-state index in [1.807, 2.05) is 0 Å². The van der Waals surface area contributed by atoms with Crippen LogP contribution in [0, 0.1) is 0 Å². The third kappa shape index (κ3) is 1.74. The van der Waals surface area contributed by atoms with Gasteiger partial charge in [0.1, 0.15) is 5.69 Å². The molecule has 2 aromatic heterocycles. The van der Waals surface area contributed by atoms with E-state index in [0.717, 1.165) is 6.42 Å². The standard InChI is InChI=1S/C11H10N4O3/c16-10-7-4-8(11(17)15-2-1-3-18-15)12-5-9(7)13-6-14-10/h4-6H,1-3H2,(H,13,14,16). The fourth-order valence-electron chi connectivity index (χ4n) is 1.82. The van der Waals surface area contributed by atoms with Gasteiger partial charge >= 0.3 is 0 Å². The van der Waals surface area contributed by atoms with E-state index in [2.05, 4.69) is 15.0 Å². The predicted molar refractivity (Wildman–Crippen MR) is 61.8 cm³/mol. The summed E-state index contributed by atoms with van der Waals surface area (Å²) in [6, 6.07) is 1.44. The predicted octanol–water partition coefficient (Wildman–Crippen LogP) is 0.0956. The lowest BCUT2D eigenvalue weighted by molar-refractivity contribution is -0.0771. The molecule has 0 atom stereocenters. The van der Waals surface area contributed by atoms with E-state index in [0.29, 0.717) is 24.1 Å². The van der Waals surface area contributed by atoms with Crippen molar-refractivity contribution in [3.8, 4) is 0 Å². The van der Waals surface area contributed by atoms with Crippen LogP contribution >= 0.6 is 0 Å². The second-order valence-corrected chi connectivity index (χ2v) is 3.91. The lowest BCUT2D eigenvalue weighted by atomic mass is 10.2. The molecule has 1 fully saturated rings. The molecule has 2 aromatic rings. The number of nitrogens with zero attached hydrogens (tertiary/aromatic N) is 3. The number of rotatable bonds is 1. The highest BCUT2D eigenvalue weighted by atomic mass is 16.7. The molecule has 1 amide bonds. The second kappa shape index (κ2) is 4.19. The maximum Gasteiger partial charge on any atom is 0.296 e. The third-order valence-corrected chi connectivity index (χ3v) is 2.73. The van der Waals surface area contributed by atoms with Gasteiger partial charge in [0.15, 0.2) is 0 Å². The van der Waals surface area contributed by atoms with Gasteiger partial charge in [-0.1, -0.05) is 0 Å². The maximum absolute atomic E-state index is 12.0. The molecule has 1 aliphatic heterocycles. The van der Waals surface area contributed by atoms with Gasteiger partial charge < -0.3 is 4.98 Å². The van der Waals surface area contributed by atoms with Crippen LogP contribution in [0.4, 0.5) is 0 Å². The van der Waals surface area contributed by atoms with Crippen molar-refractivity contribution in [2.24, 2.45) is 0 Å². The monoisotopic (exact) mass is 246 g/mol. The zero-order valence-electron chi connectivity index (χ0n) is 9.42. The van der Waals surface area contributed by atoms with Gasteiger partial charge in [-0.3, -0.25) is 14.4 Å². The second-order valence-electron chi connectivity index (χ2n) is 3.91. The van der Waals surface area contributed by atoms with Gasteiger partial charge in [-0.2, -0.15) is 0 Å². The van der Waals surface area contributed by atoms with E-state index in [9.17, 15) is 9.59 Å². The number of carbonyl (C=O) groups excluding carboxylic acids is 1. The summed E-state index contributed by atoms with van der Waals surface area (Å²) >= 11 is 0. The van der Waals surface area contributed by atoms with Crippen molar-refractivity contribution >= 4 is 16.8 Å². The lowest BCUT2D eigenvalue weighted by Gasteiger charge is -2.12. The Hall–Kier alpha value is -2.28. The van der Waals surface area contributed by atoms with Gasteiger partial charge in [0.25, 0.3) is 11.5 Å². The molecule has 0 bridgehead atoms. The number of aromatic nitrogens is 3. The number of carbonyl (C=O) groups is 1. The number of hydrogen-bond acceptors (Lipinski definition) is 5. The van der Waals surface area contributed by atoms with Crippen LogP contribution in [0.25, 0.3) is 10.9 Å². The molecule has 0 unspecified atom stereocenters. The molecule has 0 spiro atoms. The topological polar surface area (TPSA) is 88.2 Å². The summed E-state index contributed by atoms with van der Waals surface area (Å²) in [4.78, 5) is 39.2. The molecule has 18 heavy (non-hydrogen) atoms. The van der Waals surface area contributed by atoms with Gasteiger partial charge in [0.2, 0.25) is 0 Å². The van der Waals surface area contributed by atoms with Crippen LogP contribution in [-0.4, -0.2) is 39.1 Å². The minimum Gasteiger partial charge on any atom is -0.313 e. The summed E-state index contributed by atoms with van der Waals surface area (Å²) in [5, 5.41) is 1.61. The van der Waals surface area contributed by atoms with E-state index in [4.69, 9.17) is 4.84 Å². The fourth-order valence-corrected chi connectivity index (χ4v) is 1.82. The molecule has 1 N–H and O–H groups in total. The van der Waals surface area contributed by atoms with Crippen molar-refractivity contribution in [3.63, 3.8) is 0 Å². The molecule has 0 saturated carbocycles. The first-order valence-electron chi connectivity index (χ1n) is 5.54. The van der Waals surface area contributed by atoms with Crippen molar-refractivity contribution in [2.75, 3.05) is 13.2 Å². The Labute approximate surface area is 101 Å². The first-order chi connectivity index (χ1) is 8.75. The normalized spacial score (nSPS) is 15.2. The van der Waals surface area contributed by atoms with Crippen molar-refractivity contribution in [1.82, 2.24) is 20.0 Å². The van der Waals surface area contributed by atoms with Crippen molar-refractivity contribution in [3.05, 3.63) is 34.6 Å². The Morgan fingerprint density at radius 3 is 3.11 bits per heavy atom. The number of pyridine rings is 1. The van der Waals surface area contributed by atoms with Crippen LogP contribution in [0.15, 0.2) is 23.4 Å². The SMILES string of the molecule is O=C(c1cc2c(=O)[nH]cnc2cn1)N1CCCO1. The molecule has 7 nitrogen and oxygen atoms in total. The smallest absolute Gasteiger partial charge is 0.296 e. The summed E-state index contributed by atoms with van der Waals surface area (Å²) in [5.41, 5.74) is 0.347. The molecule has 7 heteroatoms. The number of fused-ring (bicyclic) bond motifs is 1. The summed E-state index contributed by atoms with van der Waals surface area (Å²) in [7, 11) is 0. The lowest BCUT2D eigenvalue weighted by Crippen LogP contribution is -2.27. The average molecular weight is 246 g/mol. The summed E-state index contributed by atoms with van der Waals surface area (Å²) < 4.78 is 0. The average Bonchev–Trinajstić information content (AvgIpc) is 2.92. The molecule has 92 valence electrons. The van der Waals surface area contributed by atoms with Crippen molar-refractivity contribution in [1.29, 1.82) is 0 Å². The van der Waals surface area contributed by atoms with Crippen LogP contribution in [-0.2, 0) is 4.84 Å². The Balaban J connectivity index is 2.05. The van der Waals surface area contributed by atoms with E-state index < -0.39 is 0 Å². The Morgan fingerprint density at radius 2 is 2.33 bits per heavy atom. The Kier molecular flexibility index (Phi) is 2.52. The minimum atomic E-state index is -0.336. The van der Waals surface area contributed by atoms with Crippen LogP contribution in [0.2, 0.25) is 0 Å². The Bertz CT molecular complexity index is 661. The number of hydroxylamine groups is 2. The molecule has 0 radical (unpaired) electrons. The van der Waals surface area contributed by atoms with E-state index in [1.54, 1.807) is 0 Å². The number of H-pyrrole nitrogens is 1. The molecule has 3 rings (SSSR count). The largest absolute Gasteiger partial charge is 0.313 e. The van der Waals surface area contributed by atoms with E-state index >= 15 is 0 Å². The minimum absolute atomic E-state index is 0.183.